The van der Waals surface area contributed by atoms with Crippen molar-refractivity contribution in [1.29, 1.82) is 0 Å². The Morgan fingerprint density at radius 1 is 1.50 bits per heavy atom. The monoisotopic (exact) mass is 116 g/mol. The van der Waals surface area contributed by atoms with Crippen LogP contribution in [-0.4, -0.2) is 29.0 Å². The van der Waals surface area contributed by atoms with E-state index in [-0.39, 0.29) is 6.61 Å². The molecule has 1 heterocycles. The predicted molar refractivity (Wildman–Crippen MR) is 27.1 cm³/mol. The van der Waals surface area contributed by atoms with Gasteiger partial charge in [-0.3, -0.25) is 0 Å². The minimum Gasteiger partial charge on any atom is -0.499 e. The zero-order valence-electron chi connectivity index (χ0n) is 4.32. The Bertz CT molecular complexity index is 99.8. The van der Waals surface area contributed by atoms with Gasteiger partial charge in [-0.25, -0.2) is 0 Å². The third kappa shape index (κ3) is 0.993. The minimum absolute atomic E-state index is 0.192. The van der Waals surface area contributed by atoms with Gasteiger partial charge in [-0.05, 0) is 6.08 Å². The Morgan fingerprint density at radius 2 is 2.25 bits per heavy atom. The molecule has 2 atom stereocenters. The maximum absolute atomic E-state index is 8.76. The van der Waals surface area contributed by atoms with E-state index < -0.39 is 12.2 Å². The van der Waals surface area contributed by atoms with Gasteiger partial charge in [-0.1, -0.05) is 0 Å². The van der Waals surface area contributed by atoms with Crippen LogP contribution in [0.3, 0.4) is 0 Å². The number of ether oxygens (including phenoxy) is 1. The maximum Gasteiger partial charge on any atom is 0.117 e. The molecule has 3 nitrogen and oxygen atoms in total. The number of rotatable bonds is 0. The highest BCUT2D eigenvalue weighted by Gasteiger charge is 2.15. The van der Waals surface area contributed by atoms with Crippen molar-refractivity contribution >= 4 is 0 Å². The predicted octanol–water partition coefficient (Wildman–Crippen LogP) is -0.748. The van der Waals surface area contributed by atoms with Crippen molar-refractivity contribution in [3.05, 3.63) is 12.3 Å². The molecule has 0 fully saturated rings. The van der Waals surface area contributed by atoms with Crippen LogP contribution in [0, 0.1) is 0 Å². The standard InChI is InChI=1S/C5H8O3/c6-4-1-2-8-3-5(4)7/h1-2,4-7H,3H2/t4-,5?/m1/s1. The molecule has 3 heteroatoms. The Balaban J connectivity index is 2.47. The van der Waals surface area contributed by atoms with E-state index in [1.807, 2.05) is 0 Å². The molecule has 2 N–H and O–H groups in total. The maximum atomic E-state index is 8.76. The van der Waals surface area contributed by atoms with E-state index in [1.54, 1.807) is 0 Å². The molecule has 0 aromatic carbocycles. The smallest absolute Gasteiger partial charge is 0.117 e. The zero-order chi connectivity index (χ0) is 5.98. The van der Waals surface area contributed by atoms with Crippen LogP contribution in [0.1, 0.15) is 0 Å². The van der Waals surface area contributed by atoms with E-state index in [9.17, 15) is 0 Å². The Kier molecular flexibility index (Phi) is 1.50. The fourth-order valence-electron chi connectivity index (χ4n) is 0.517. The van der Waals surface area contributed by atoms with Crippen molar-refractivity contribution in [2.45, 2.75) is 12.2 Å². The fraction of sp³-hybridized carbons (Fsp3) is 0.600. The topological polar surface area (TPSA) is 49.7 Å². The quantitative estimate of drug-likeness (QED) is 0.438. The number of aliphatic hydroxyl groups is 2. The van der Waals surface area contributed by atoms with Crippen molar-refractivity contribution in [2.24, 2.45) is 0 Å². The molecule has 1 unspecified atom stereocenters. The Morgan fingerprint density at radius 3 is 2.62 bits per heavy atom. The molecular formula is C5H8O3. The molecule has 1 aliphatic rings. The molecule has 46 valence electrons. The van der Waals surface area contributed by atoms with E-state index in [1.165, 1.54) is 12.3 Å². The van der Waals surface area contributed by atoms with Crippen molar-refractivity contribution in [2.75, 3.05) is 6.61 Å². The SMILES string of the molecule is OC1COC=C[C@H]1O. The lowest BCUT2D eigenvalue weighted by molar-refractivity contribution is -0.0108. The first-order valence-electron chi connectivity index (χ1n) is 2.45. The molecule has 1 aliphatic heterocycles. The highest BCUT2D eigenvalue weighted by molar-refractivity contribution is 4.91. The minimum atomic E-state index is -0.750. The molecule has 0 aromatic rings. The molecule has 0 radical (unpaired) electrons. The van der Waals surface area contributed by atoms with Crippen LogP contribution in [0.15, 0.2) is 12.3 Å². The van der Waals surface area contributed by atoms with Crippen LogP contribution in [0.5, 0.6) is 0 Å². The summed E-state index contributed by atoms with van der Waals surface area (Å²) in [5, 5.41) is 17.5. The lowest BCUT2D eigenvalue weighted by Gasteiger charge is -2.17. The Hall–Kier alpha value is -0.540. The van der Waals surface area contributed by atoms with Crippen LogP contribution in [-0.2, 0) is 4.74 Å². The molecule has 0 amide bonds. The summed E-state index contributed by atoms with van der Waals surface area (Å²) in [6.45, 7) is 0.192. The highest BCUT2D eigenvalue weighted by Crippen LogP contribution is 2.02. The summed E-state index contributed by atoms with van der Waals surface area (Å²) in [4.78, 5) is 0. The van der Waals surface area contributed by atoms with Crippen LogP contribution in [0.25, 0.3) is 0 Å². The first-order valence-corrected chi connectivity index (χ1v) is 2.45. The summed E-state index contributed by atoms with van der Waals surface area (Å²) in [7, 11) is 0. The number of hydrogen-bond acceptors (Lipinski definition) is 3. The van der Waals surface area contributed by atoms with Crippen molar-refractivity contribution in [3.8, 4) is 0 Å². The summed E-state index contributed by atoms with van der Waals surface area (Å²) < 4.78 is 4.66. The van der Waals surface area contributed by atoms with Gasteiger partial charge in [-0.2, -0.15) is 0 Å². The summed E-state index contributed by atoms with van der Waals surface area (Å²) in [6, 6.07) is 0. The normalized spacial score (nSPS) is 36.8. The second-order valence-electron chi connectivity index (χ2n) is 1.72. The molecule has 0 saturated carbocycles. The van der Waals surface area contributed by atoms with Crippen LogP contribution in [0.2, 0.25) is 0 Å². The second kappa shape index (κ2) is 2.15. The van der Waals surface area contributed by atoms with Crippen molar-refractivity contribution in [1.82, 2.24) is 0 Å². The van der Waals surface area contributed by atoms with Gasteiger partial charge in [0.1, 0.15) is 18.8 Å². The largest absolute Gasteiger partial charge is 0.499 e. The van der Waals surface area contributed by atoms with Gasteiger partial charge in [0.25, 0.3) is 0 Å². The van der Waals surface area contributed by atoms with Crippen LogP contribution >= 0.6 is 0 Å². The van der Waals surface area contributed by atoms with E-state index in [0.717, 1.165) is 0 Å². The summed E-state index contributed by atoms with van der Waals surface area (Å²) in [6.07, 6.45) is 1.30. The molecule has 0 bridgehead atoms. The average Bonchev–Trinajstić information content (AvgIpc) is 1.77. The summed E-state index contributed by atoms with van der Waals surface area (Å²) in [5.41, 5.74) is 0. The summed E-state index contributed by atoms with van der Waals surface area (Å²) >= 11 is 0. The molecule has 0 aliphatic carbocycles. The lowest BCUT2D eigenvalue weighted by atomic mass is 10.2. The van der Waals surface area contributed by atoms with Gasteiger partial charge in [0.2, 0.25) is 0 Å². The van der Waals surface area contributed by atoms with Gasteiger partial charge >= 0.3 is 0 Å². The average molecular weight is 116 g/mol. The third-order valence-corrected chi connectivity index (χ3v) is 1.03. The van der Waals surface area contributed by atoms with Crippen molar-refractivity contribution in [3.63, 3.8) is 0 Å². The summed E-state index contributed by atoms with van der Waals surface area (Å²) in [5.74, 6) is 0. The molecular weight excluding hydrogens is 108 g/mol. The van der Waals surface area contributed by atoms with Crippen LogP contribution < -0.4 is 0 Å². The molecule has 0 saturated heterocycles. The van der Waals surface area contributed by atoms with E-state index in [0.29, 0.717) is 0 Å². The second-order valence-corrected chi connectivity index (χ2v) is 1.72. The lowest BCUT2D eigenvalue weighted by Crippen LogP contribution is -2.30. The zero-order valence-corrected chi connectivity index (χ0v) is 4.32. The Labute approximate surface area is 47.2 Å². The molecule has 0 aromatic heterocycles. The highest BCUT2D eigenvalue weighted by atomic mass is 16.5. The number of aliphatic hydroxyl groups excluding tert-OH is 2. The van der Waals surface area contributed by atoms with Gasteiger partial charge in [0, 0.05) is 0 Å². The van der Waals surface area contributed by atoms with E-state index in [4.69, 9.17) is 10.2 Å². The van der Waals surface area contributed by atoms with Gasteiger partial charge < -0.3 is 14.9 Å². The van der Waals surface area contributed by atoms with Gasteiger partial charge in [0.15, 0.2) is 0 Å². The molecule has 1 rings (SSSR count). The third-order valence-electron chi connectivity index (χ3n) is 1.03. The fourth-order valence-corrected chi connectivity index (χ4v) is 0.517. The molecule has 0 spiro atoms. The van der Waals surface area contributed by atoms with Crippen molar-refractivity contribution < 1.29 is 14.9 Å². The van der Waals surface area contributed by atoms with Crippen LogP contribution in [0.4, 0.5) is 0 Å². The van der Waals surface area contributed by atoms with E-state index >= 15 is 0 Å². The first-order chi connectivity index (χ1) is 3.80. The van der Waals surface area contributed by atoms with Gasteiger partial charge in [0.05, 0.1) is 6.26 Å². The number of hydrogen-bond donors (Lipinski definition) is 2. The van der Waals surface area contributed by atoms with Gasteiger partial charge in [-0.15, -0.1) is 0 Å². The van der Waals surface area contributed by atoms with E-state index in [2.05, 4.69) is 4.74 Å². The molecule has 8 heavy (non-hydrogen) atoms. The first kappa shape index (κ1) is 5.59.